The topological polar surface area (TPSA) is 40.0 Å². The zero-order valence-electron chi connectivity index (χ0n) is 8.64. The van der Waals surface area contributed by atoms with Gasteiger partial charge in [-0.2, -0.15) is 26.3 Å². The second kappa shape index (κ2) is 3.98. The molecule has 2 rings (SSSR count). The van der Waals surface area contributed by atoms with Crippen molar-refractivity contribution >= 4 is 5.90 Å². The first kappa shape index (κ1) is 13.4. The van der Waals surface area contributed by atoms with Crippen molar-refractivity contribution in [2.45, 2.75) is 24.2 Å². The number of halogens is 6. The molecule has 0 aromatic carbocycles. The van der Waals surface area contributed by atoms with Crippen LogP contribution in [0.1, 0.15) is 0 Å². The number of hydrogen-bond donors (Lipinski definition) is 0. The fourth-order valence-electron chi connectivity index (χ4n) is 1.59. The summed E-state index contributed by atoms with van der Waals surface area (Å²) in [6.45, 7) is -0.654. The first-order valence-electron chi connectivity index (χ1n) is 4.80. The minimum Gasteiger partial charge on any atom is -0.477 e. The quantitative estimate of drug-likeness (QED) is 0.685. The van der Waals surface area contributed by atoms with E-state index in [2.05, 4.69) is 14.5 Å². The average molecular weight is 279 g/mol. The molecule has 0 bridgehead atoms. The molecule has 0 aromatic heterocycles. The molecule has 2 heterocycles. The predicted octanol–water partition coefficient (Wildman–Crippen LogP) is 1.65. The van der Waals surface area contributed by atoms with Crippen LogP contribution < -0.4 is 0 Å². The monoisotopic (exact) mass is 279 g/mol. The van der Waals surface area contributed by atoms with Gasteiger partial charge in [-0.15, -0.1) is 0 Å². The van der Waals surface area contributed by atoms with Crippen molar-refractivity contribution < 1.29 is 40.6 Å². The van der Waals surface area contributed by atoms with Gasteiger partial charge in [-0.3, -0.25) is 0 Å². The Morgan fingerprint density at radius 3 is 2.11 bits per heavy atom. The summed E-state index contributed by atoms with van der Waals surface area (Å²) in [6.07, 6.45) is -13.1. The molecule has 10 heteroatoms. The maximum absolute atomic E-state index is 12.5. The molecule has 0 saturated carbocycles. The van der Waals surface area contributed by atoms with Crippen molar-refractivity contribution in [3.63, 3.8) is 0 Å². The van der Waals surface area contributed by atoms with Gasteiger partial charge < -0.3 is 14.2 Å². The summed E-state index contributed by atoms with van der Waals surface area (Å²) in [5, 5.41) is 0. The molecular formula is C8H7F6NO3. The van der Waals surface area contributed by atoms with Crippen LogP contribution in [0.15, 0.2) is 4.99 Å². The minimum absolute atomic E-state index is 0.0974. The lowest BCUT2D eigenvalue weighted by molar-refractivity contribution is -0.441. The van der Waals surface area contributed by atoms with Crippen LogP contribution in [0.2, 0.25) is 0 Å². The zero-order chi connectivity index (χ0) is 13.6. The van der Waals surface area contributed by atoms with Gasteiger partial charge in [0, 0.05) is 0 Å². The van der Waals surface area contributed by atoms with Crippen LogP contribution in [0, 0.1) is 0 Å². The third-order valence-electron chi connectivity index (χ3n) is 2.38. The van der Waals surface area contributed by atoms with Gasteiger partial charge >= 0.3 is 18.1 Å². The average Bonchev–Trinajstić information content (AvgIpc) is 2.84. The lowest BCUT2D eigenvalue weighted by Gasteiger charge is -2.31. The SMILES string of the molecule is FC(F)(F)C1(C(F)(F)F)OCC(C2=NCCO2)O1. The minimum atomic E-state index is -5.74. The number of alkyl halides is 6. The second-order valence-corrected chi connectivity index (χ2v) is 3.60. The molecule has 0 spiro atoms. The number of aliphatic imine (C=N–C) groups is 1. The fraction of sp³-hybridized carbons (Fsp3) is 0.875. The van der Waals surface area contributed by atoms with Crippen LogP contribution in [-0.4, -0.2) is 49.9 Å². The summed E-state index contributed by atoms with van der Waals surface area (Å²) in [5.74, 6) is -4.91. The van der Waals surface area contributed by atoms with Gasteiger partial charge in [-0.25, -0.2) is 4.99 Å². The summed E-state index contributed by atoms with van der Waals surface area (Å²) in [6, 6.07) is 0. The number of ether oxygens (including phenoxy) is 3. The zero-order valence-corrected chi connectivity index (χ0v) is 8.64. The largest absolute Gasteiger partial charge is 0.477 e. The Labute approximate surface area is 96.5 Å². The lowest BCUT2D eigenvalue weighted by Crippen LogP contribution is -2.58. The Morgan fingerprint density at radius 1 is 1.11 bits per heavy atom. The molecule has 0 N–H and O–H groups in total. The molecule has 0 amide bonds. The van der Waals surface area contributed by atoms with E-state index in [1.165, 1.54) is 0 Å². The molecule has 0 aromatic rings. The van der Waals surface area contributed by atoms with Gasteiger partial charge in [0.1, 0.15) is 6.61 Å². The van der Waals surface area contributed by atoms with Crippen LogP contribution in [0.5, 0.6) is 0 Å². The van der Waals surface area contributed by atoms with E-state index in [-0.39, 0.29) is 19.0 Å². The van der Waals surface area contributed by atoms with Gasteiger partial charge in [-0.1, -0.05) is 0 Å². The molecule has 18 heavy (non-hydrogen) atoms. The smallest absolute Gasteiger partial charge is 0.453 e. The van der Waals surface area contributed by atoms with Gasteiger partial charge in [0.15, 0.2) is 6.10 Å². The van der Waals surface area contributed by atoms with E-state index in [1.54, 1.807) is 0 Å². The van der Waals surface area contributed by atoms with E-state index in [0.29, 0.717) is 0 Å². The molecule has 2 aliphatic rings. The van der Waals surface area contributed by atoms with Gasteiger partial charge in [0.2, 0.25) is 5.90 Å². The molecule has 1 atom stereocenters. The summed E-state index contributed by atoms with van der Waals surface area (Å²) < 4.78 is 87.8. The Balaban J connectivity index is 2.25. The molecule has 0 radical (unpaired) electrons. The Kier molecular flexibility index (Phi) is 2.97. The summed E-state index contributed by atoms with van der Waals surface area (Å²) in [4.78, 5) is 3.60. The van der Waals surface area contributed by atoms with Crippen molar-refractivity contribution in [2.24, 2.45) is 4.99 Å². The maximum atomic E-state index is 12.5. The van der Waals surface area contributed by atoms with Crippen molar-refractivity contribution in [1.82, 2.24) is 0 Å². The first-order chi connectivity index (χ1) is 8.17. The maximum Gasteiger partial charge on any atom is 0.453 e. The lowest BCUT2D eigenvalue weighted by atomic mass is 10.2. The Bertz CT molecular complexity index is 349. The molecule has 4 nitrogen and oxygen atoms in total. The molecule has 104 valence electrons. The molecular weight excluding hydrogens is 272 g/mol. The molecule has 1 saturated heterocycles. The van der Waals surface area contributed by atoms with Crippen molar-refractivity contribution in [1.29, 1.82) is 0 Å². The molecule has 1 unspecified atom stereocenters. The van der Waals surface area contributed by atoms with Crippen molar-refractivity contribution in [3.05, 3.63) is 0 Å². The van der Waals surface area contributed by atoms with E-state index in [4.69, 9.17) is 4.74 Å². The third-order valence-corrected chi connectivity index (χ3v) is 2.38. The highest BCUT2D eigenvalue weighted by atomic mass is 19.4. The predicted molar refractivity (Wildman–Crippen MR) is 43.9 cm³/mol. The Morgan fingerprint density at radius 2 is 1.72 bits per heavy atom. The van der Waals surface area contributed by atoms with E-state index >= 15 is 0 Å². The molecule has 1 fully saturated rings. The Hall–Kier alpha value is -1.03. The van der Waals surface area contributed by atoms with Gasteiger partial charge in [0.05, 0.1) is 13.2 Å². The number of nitrogens with zero attached hydrogens (tertiary/aromatic N) is 1. The van der Waals surface area contributed by atoms with Gasteiger partial charge in [-0.05, 0) is 0 Å². The van der Waals surface area contributed by atoms with Crippen molar-refractivity contribution in [2.75, 3.05) is 19.8 Å². The first-order valence-corrected chi connectivity index (χ1v) is 4.80. The van der Waals surface area contributed by atoms with Crippen LogP contribution in [0.4, 0.5) is 26.3 Å². The van der Waals surface area contributed by atoms with E-state index in [1.807, 2.05) is 0 Å². The summed E-state index contributed by atoms with van der Waals surface area (Å²) in [5.41, 5.74) is 0. The van der Waals surface area contributed by atoms with Crippen molar-refractivity contribution in [3.8, 4) is 0 Å². The normalized spacial score (nSPS) is 28.1. The highest BCUT2D eigenvalue weighted by Crippen LogP contribution is 2.50. The third kappa shape index (κ3) is 1.92. The van der Waals surface area contributed by atoms with E-state index in [0.717, 1.165) is 0 Å². The van der Waals surface area contributed by atoms with E-state index in [9.17, 15) is 26.3 Å². The molecule has 0 aliphatic carbocycles. The van der Waals surface area contributed by atoms with Crippen LogP contribution in [-0.2, 0) is 14.2 Å². The van der Waals surface area contributed by atoms with Crippen LogP contribution in [0.3, 0.4) is 0 Å². The summed E-state index contributed by atoms with van der Waals surface area (Å²) >= 11 is 0. The number of rotatable bonds is 1. The van der Waals surface area contributed by atoms with Crippen LogP contribution >= 0.6 is 0 Å². The number of hydrogen-bond acceptors (Lipinski definition) is 4. The standard InChI is InChI=1S/C8H7F6NO3/c9-7(10,11)6(8(12,13)14)17-3-4(18-6)5-15-1-2-16-5/h4H,1-3H2. The summed E-state index contributed by atoms with van der Waals surface area (Å²) in [7, 11) is 0. The van der Waals surface area contributed by atoms with Gasteiger partial charge in [0.25, 0.3) is 0 Å². The fourth-order valence-corrected chi connectivity index (χ4v) is 1.59. The van der Waals surface area contributed by atoms with Crippen LogP contribution in [0.25, 0.3) is 0 Å². The highest BCUT2D eigenvalue weighted by molar-refractivity contribution is 5.82. The second-order valence-electron chi connectivity index (χ2n) is 3.60. The highest BCUT2D eigenvalue weighted by Gasteiger charge is 2.77. The van der Waals surface area contributed by atoms with E-state index < -0.39 is 30.9 Å². The molecule has 2 aliphatic heterocycles.